The van der Waals surface area contributed by atoms with E-state index in [1.165, 1.54) is 14.0 Å². The van der Waals surface area contributed by atoms with Gasteiger partial charge in [-0.2, -0.15) is 0 Å². The Morgan fingerprint density at radius 1 is 0.905 bits per heavy atom. The lowest BCUT2D eigenvalue weighted by Gasteiger charge is -2.49. The van der Waals surface area contributed by atoms with Crippen molar-refractivity contribution in [2.45, 2.75) is 211 Å². The number of aliphatic hydroxyl groups excluding tert-OH is 4. The van der Waals surface area contributed by atoms with E-state index in [2.05, 4.69) is 10.3 Å². The van der Waals surface area contributed by atoms with E-state index in [0.717, 1.165) is 5.56 Å². The fourth-order valence-electron chi connectivity index (χ4n) is 11.7. The van der Waals surface area contributed by atoms with Gasteiger partial charge in [0.2, 0.25) is 0 Å². The zero-order valence-corrected chi connectivity index (χ0v) is 45.9. The lowest BCUT2D eigenvalue weighted by atomic mass is 9.77. The second kappa shape index (κ2) is 24.9. The van der Waals surface area contributed by atoms with Gasteiger partial charge in [-0.05, 0) is 112 Å². The van der Waals surface area contributed by atoms with E-state index >= 15 is 0 Å². The number of ether oxygens (including phenoxy) is 7. The minimum absolute atomic E-state index is 0.0434. The van der Waals surface area contributed by atoms with E-state index in [9.17, 15) is 40.2 Å². The molecule has 0 aliphatic carbocycles. The van der Waals surface area contributed by atoms with Gasteiger partial charge in [0, 0.05) is 69.5 Å². The number of hydrogen-bond acceptors (Lipinski definition) is 19. The maximum absolute atomic E-state index is 14.5. The number of hydrogen-bond donors (Lipinski definition) is 6. The zero-order chi connectivity index (χ0) is 54.6. The van der Waals surface area contributed by atoms with Crippen molar-refractivity contribution in [2.24, 2.45) is 17.8 Å². The van der Waals surface area contributed by atoms with Gasteiger partial charge in [-0.15, -0.1) is 5.10 Å². The third-order valence-corrected chi connectivity index (χ3v) is 16.3. The first-order chi connectivity index (χ1) is 34.7. The van der Waals surface area contributed by atoms with Crippen LogP contribution in [0.4, 0.5) is 10.5 Å². The number of cyclic esters (lactones) is 2. The van der Waals surface area contributed by atoms with Crippen LogP contribution < -0.4 is 4.90 Å². The van der Waals surface area contributed by atoms with E-state index in [-0.39, 0.29) is 37.9 Å². The molecule has 0 unspecified atom stereocenters. The van der Waals surface area contributed by atoms with Gasteiger partial charge in [0.15, 0.2) is 12.6 Å². The van der Waals surface area contributed by atoms with Gasteiger partial charge in [-0.1, -0.05) is 38.1 Å². The van der Waals surface area contributed by atoms with Crippen molar-refractivity contribution in [3.8, 4) is 0 Å². The molecule has 6 N–H and O–H groups in total. The lowest BCUT2D eigenvalue weighted by Crippen LogP contribution is -2.61. The number of amides is 1. The summed E-state index contributed by atoms with van der Waals surface area (Å²) >= 11 is 0. The summed E-state index contributed by atoms with van der Waals surface area (Å²) in [5.74, 6) is -2.84. The summed E-state index contributed by atoms with van der Waals surface area (Å²) in [6.45, 7) is 19.0. The van der Waals surface area contributed by atoms with Crippen molar-refractivity contribution in [1.82, 2.24) is 24.8 Å². The van der Waals surface area contributed by atoms with Gasteiger partial charge in [0.25, 0.3) is 0 Å². The average molecular weight is 1050 g/mol. The van der Waals surface area contributed by atoms with E-state index in [4.69, 9.17) is 33.2 Å². The molecule has 4 fully saturated rings. The van der Waals surface area contributed by atoms with Crippen molar-refractivity contribution in [3.63, 3.8) is 0 Å². The first-order valence-electron chi connectivity index (χ1n) is 26.6. The number of aromatic nitrogens is 3. The van der Waals surface area contributed by atoms with E-state index < -0.39 is 114 Å². The Morgan fingerprint density at radius 3 is 2.24 bits per heavy atom. The standard InChI is InChI=1S/C53H88N6O15/c1-14-41-53(10,67)45(62)34(6)57(12)26-30(2)24-51(8,66)47(32(4)44(33(5)48(64)72-41)73-42-25-52(9,68-13)46(63)35(7)70-42)74-49-43(61)40(23-31(3)69-49)56(11)21-19-37-27-58(55-54-37)28-39-29-59(50(65)71-39)38-17-15-36(16-18-38)20-22-60/h15-18,27,30-35,39-47,49,60-63,66-67H,14,19-26,28-29H2,1-13H3/t30-,31-,32+,33-,34-,35+,39+,40+,41-,42+,43-,44+,45-,46+,47-,49+,51-,52-,53-/m1/s1. The van der Waals surface area contributed by atoms with E-state index in [1.807, 2.05) is 68.2 Å². The quantitative estimate of drug-likeness (QED) is 0.140. The van der Waals surface area contributed by atoms with Crippen LogP contribution in [0.15, 0.2) is 30.5 Å². The third kappa shape index (κ3) is 13.8. The molecule has 19 atom stereocenters. The number of methoxy groups -OCH3 is 1. The largest absolute Gasteiger partial charge is 0.459 e. The van der Waals surface area contributed by atoms with Gasteiger partial charge in [0.1, 0.15) is 36.1 Å². The summed E-state index contributed by atoms with van der Waals surface area (Å²) in [5.41, 5.74) is -2.20. The lowest BCUT2D eigenvalue weighted by molar-refractivity contribution is -0.318. The molecule has 21 nitrogen and oxygen atoms in total. The maximum atomic E-state index is 14.5. The minimum Gasteiger partial charge on any atom is -0.459 e. The number of rotatable bonds is 15. The molecule has 1 aromatic carbocycles. The molecule has 2 aromatic rings. The summed E-state index contributed by atoms with van der Waals surface area (Å²) in [5, 5.41) is 77.7. The SMILES string of the molecule is CC[C@H]1OC(=O)[C@H](C)[C@@H](O[C@H]2C[C@@](C)(OC)[C@@H](O)[C@H](C)O2)[C@H](C)[C@@H](O[C@@H]2O[C@H](C)C[C@H](N(C)CCc3cn(C[C@H]4CN(c5ccc(CCO)cc5)C(=O)O4)nn3)[C@H]2O)[C@](C)(O)C[C@@H](C)CN(C)[C@H](C)[C@@H](O)[C@]1(C)O. The minimum atomic E-state index is -1.85. The Hall–Kier alpha value is -3.42. The Bertz CT molecular complexity index is 2120. The van der Waals surface area contributed by atoms with Crippen molar-refractivity contribution < 1.29 is 73.4 Å². The van der Waals surface area contributed by atoms with Gasteiger partial charge < -0.3 is 73.6 Å². The van der Waals surface area contributed by atoms with Gasteiger partial charge >= 0.3 is 12.1 Å². The van der Waals surface area contributed by atoms with Crippen molar-refractivity contribution >= 4 is 17.7 Å². The van der Waals surface area contributed by atoms with Crippen LogP contribution in [0.5, 0.6) is 0 Å². The summed E-state index contributed by atoms with van der Waals surface area (Å²) in [6.07, 6.45) is -7.38. The molecule has 5 heterocycles. The summed E-state index contributed by atoms with van der Waals surface area (Å²) in [6, 6.07) is 6.39. The Kier molecular flexibility index (Phi) is 20.1. The number of nitrogens with zero attached hydrogens (tertiary/aromatic N) is 6. The highest BCUT2D eigenvalue weighted by Gasteiger charge is 2.53. The highest BCUT2D eigenvalue weighted by atomic mass is 16.7. The predicted molar refractivity (Wildman–Crippen MR) is 272 cm³/mol. The van der Waals surface area contributed by atoms with Crippen LogP contribution in [0.1, 0.15) is 106 Å². The first-order valence-corrected chi connectivity index (χ1v) is 26.6. The number of esters is 1. The molecule has 1 aromatic heterocycles. The summed E-state index contributed by atoms with van der Waals surface area (Å²) < 4.78 is 45.6. The number of carbonyl (C=O) groups is 2. The monoisotopic (exact) mass is 1050 g/mol. The van der Waals surface area contributed by atoms with Crippen molar-refractivity contribution in [2.75, 3.05) is 52.3 Å². The van der Waals surface area contributed by atoms with Gasteiger partial charge in [-0.3, -0.25) is 9.69 Å². The summed E-state index contributed by atoms with van der Waals surface area (Å²) in [4.78, 5) is 32.8. The molecule has 4 aliphatic heterocycles. The van der Waals surface area contributed by atoms with Crippen LogP contribution in [0.2, 0.25) is 0 Å². The Balaban J connectivity index is 1.22. The number of anilines is 1. The van der Waals surface area contributed by atoms with Crippen LogP contribution in [0.3, 0.4) is 0 Å². The molecule has 4 aliphatic rings. The molecule has 1 amide bonds. The van der Waals surface area contributed by atoms with Crippen LogP contribution >= 0.6 is 0 Å². The first kappa shape index (κ1) is 59.8. The second-order valence-corrected chi connectivity index (χ2v) is 22.6. The maximum Gasteiger partial charge on any atom is 0.414 e. The third-order valence-electron chi connectivity index (χ3n) is 16.3. The van der Waals surface area contributed by atoms with Crippen LogP contribution in [-0.4, -0.2) is 211 Å². The smallest absolute Gasteiger partial charge is 0.414 e. The Morgan fingerprint density at radius 2 is 1.59 bits per heavy atom. The molecular formula is C53H88N6O15. The molecule has 0 spiro atoms. The molecule has 21 heteroatoms. The van der Waals surface area contributed by atoms with E-state index in [1.54, 1.807) is 58.0 Å². The molecule has 0 bridgehead atoms. The number of likely N-dealkylation sites (N-methyl/N-ethyl adjacent to an activating group) is 2. The molecule has 6 rings (SSSR count). The molecule has 0 radical (unpaired) electrons. The van der Waals surface area contributed by atoms with E-state index in [0.29, 0.717) is 56.8 Å². The van der Waals surface area contributed by atoms with Gasteiger partial charge in [-0.25, -0.2) is 9.48 Å². The number of carbonyl (C=O) groups excluding carboxylic acids is 2. The van der Waals surface area contributed by atoms with Gasteiger partial charge in [0.05, 0.1) is 60.3 Å². The van der Waals surface area contributed by atoms with Crippen molar-refractivity contribution in [1.29, 1.82) is 0 Å². The number of benzene rings is 1. The Labute approximate surface area is 437 Å². The average Bonchev–Trinajstić information content (AvgIpc) is 3.96. The molecule has 74 heavy (non-hydrogen) atoms. The molecule has 4 saturated heterocycles. The summed E-state index contributed by atoms with van der Waals surface area (Å²) in [7, 11) is 5.23. The molecule has 420 valence electrons. The predicted octanol–water partition coefficient (Wildman–Crippen LogP) is 2.67. The second-order valence-electron chi connectivity index (χ2n) is 22.6. The van der Waals surface area contributed by atoms with Crippen LogP contribution in [0.25, 0.3) is 0 Å². The normalized spacial score (nSPS) is 40.4. The van der Waals surface area contributed by atoms with Crippen molar-refractivity contribution in [3.05, 3.63) is 41.7 Å². The van der Waals surface area contributed by atoms with Crippen LogP contribution in [-0.2, 0) is 57.3 Å². The fourth-order valence-corrected chi connectivity index (χ4v) is 11.7. The highest BCUT2D eigenvalue weighted by molar-refractivity contribution is 5.89. The zero-order valence-electron chi connectivity index (χ0n) is 45.9. The topological polar surface area (TPSA) is 261 Å². The highest BCUT2D eigenvalue weighted by Crippen LogP contribution is 2.40. The van der Waals surface area contributed by atoms with Crippen LogP contribution in [0, 0.1) is 17.8 Å². The molecular weight excluding hydrogens is 961 g/mol. The number of aliphatic hydroxyl groups is 6. The fraction of sp³-hybridized carbons (Fsp3) is 0.811. The molecule has 0 saturated carbocycles.